The molecule has 0 radical (unpaired) electrons. The summed E-state index contributed by atoms with van der Waals surface area (Å²) < 4.78 is 1.12. The Labute approximate surface area is 104 Å². The fraction of sp³-hybridized carbons (Fsp3) is 0.417. The molecule has 5 heteroatoms. The Morgan fingerprint density at radius 1 is 1.24 bits per heavy atom. The fourth-order valence-electron chi connectivity index (χ4n) is 2.05. The van der Waals surface area contributed by atoms with Gasteiger partial charge in [0.05, 0.1) is 16.3 Å². The van der Waals surface area contributed by atoms with Gasteiger partial charge < -0.3 is 14.9 Å². The number of likely N-dealkylation sites (N-methyl/N-ethyl adjacent to an activating group) is 1. The minimum atomic E-state index is 0.561. The van der Waals surface area contributed by atoms with E-state index in [1.54, 1.807) is 17.4 Å². The molecule has 2 aromatic rings. The summed E-state index contributed by atoms with van der Waals surface area (Å²) in [5, 5.41) is 8.71. The van der Waals surface area contributed by atoms with Crippen molar-refractivity contribution in [3.05, 3.63) is 18.2 Å². The Morgan fingerprint density at radius 2 is 2.00 bits per heavy atom. The van der Waals surface area contributed by atoms with E-state index in [1.807, 2.05) is 12.1 Å². The Hall–Kier alpha value is -1.33. The van der Waals surface area contributed by atoms with E-state index in [2.05, 4.69) is 21.8 Å². The lowest BCUT2D eigenvalue weighted by atomic mass is 10.3. The van der Waals surface area contributed by atoms with E-state index >= 15 is 0 Å². The predicted molar refractivity (Wildman–Crippen MR) is 72.4 cm³/mol. The van der Waals surface area contributed by atoms with Crippen molar-refractivity contribution in [1.29, 1.82) is 0 Å². The zero-order valence-electron chi connectivity index (χ0n) is 9.81. The Kier molecular flexibility index (Phi) is 2.64. The molecule has 0 spiro atoms. The molecule has 0 aliphatic carbocycles. The number of anilines is 1. The molecule has 1 saturated heterocycles. The van der Waals surface area contributed by atoms with Crippen molar-refractivity contribution in [3.8, 4) is 5.75 Å². The van der Waals surface area contributed by atoms with Crippen molar-refractivity contribution < 1.29 is 5.11 Å². The maximum atomic E-state index is 7.62. The van der Waals surface area contributed by atoms with Crippen molar-refractivity contribution in [2.75, 3.05) is 38.1 Å². The van der Waals surface area contributed by atoms with E-state index in [9.17, 15) is 0 Å². The van der Waals surface area contributed by atoms with Crippen molar-refractivity contribution in [3.63, 3.8) is 0 Å². The highest BCUT2D eigenvalue weighted by Gasteiger charge is 2.17. The monoisotopic (exact) mass is 250 g/mol. The first-order valence-corrected chi connectivity index (χ1v) is 6.60. The number of hydrogen-bond acceptors (Lipinski definition) is 4. The summed E-state index contributed by atoms with van der Waals surface area (Å²) in [6.07, 6.45) is 0. The second kappa shape index (κ2) is 4.16. The third kappa shape index (κ3) is 2.08. The second-order valence-electron chi connectivity index (χ2n) is 4.47. The molecule has 2 heterocycles. The molecule has 1 aliphatic heterocycles. The van der Waals surface area contributed by atoms with Gasteiger partial charge in [0.25, 0.3) is 5.75 Å². The van der Waals surface area contributed by atoms with E-state index in [1.165, 1.54) is 0 Å². The minimum absolute atomic E-state index is 0.561. The summed E-state index contributed by atoms with van der Waals surface area (Å²) in [5.74, 6) is 0.561. The molecule has 17 heavy (non-hydrogen) atoms. The highest BCUT2D eigenvalue weighted by atomic mass is 32.1. The van der Waals surface area contributed by atoms with E-state index in [0.717, 1.165) is 41.5 Å². The van der Waals surface area contributed by atoms with Crippen LogP contribution in [-0.4, -0.2) is 48.2 Å². The van der Waals surface area contributed by atoms with Gasteiger partial charge in [0.1, 0.15) is 0 Å². The van der Waals surface area contributed by atoms with Gasteiger partial charge in [-0.2, -0.15) is 0 Å². The molecule has 2 N–H and O–H groups in total. The second-order valence-corrected chi connectivity index (χ2v) is 5.48. The number of nitrogens with zero attached hydrogens (tertiary/aromatic N) is 3. The highest BCUT2D eigenvalue weighted by molar-refractivity contribution is 7.22. The lowest BCUT2D eigenvalue weighted by Crippen LogP contribution is -2.44. The largest absolute Gasteiger partial charge is 0.593 e. The van der Waals surface area contributed by atoms with Crippen molar-refractivity contribution in [2.24, 2.45) is 0 Å². The van der Waals surface area contributed by atoms with Crippen LogP contribution in [0.5, 0.6) is 5.75 Å². The van der Waals surface area contributed by atoms with Crippen LogP contribution in [0.15, 0.2) is 18.2 Å². The summed E-state index contributed by atoms with van der Waals surface area (Å²) in [6, 6.07) is 5.64. The van der Waals surface area contributed by atoms with E-state index in [-0.39, 0.29) is 0 Å². The minimum Gasteiger partial charge on any atom is -0.593 e. The summed E-state index contributed by atoms with van der Waals surface area (Å²) in [7, 11) is 2.15. The number of thiazole rings is 1. The first kappa shape index (κ1) is 10.8. The van der Waals surface area contributed by atoms with Crippen LogP contribution in [0.25, 0.3) is 10.2 Å². The lowest BCUT2D eigenvalue weighted by molar-refractivity contribution is 0.313. The number of benzene rings is 1. The summed E-state index contributed by atoms with van der Waals surface area (Å²) in [6.45, 7) is 4.29. The third-order valence-corrected chi connectivity index (χ3v) is 4.23. The third-order valence-electron chi connectivity index (χ3n) is 3.15. The zero-order valence-corrected chi connectivity index (χ0v) is 10.6. The molecule has 0 saturated carbocycles. The molecular weight excluding hydrogens is 234 g/mol. The first-order chi connectivity index (χ1) is 8.22. The Balaban J connectivity index is 1.90. The lowest BCUT2D eigenvalue weighted by Gasteiger charge is -2.31. The van der Waals surface area contributed by atoms with Gasteiger partial charge in [-0.25, -0.2) is 4.98 Å². The molecule has 1 aromatic heterocycles. The number of fused-ring (bicyclic) bond motifs is 1. The quantitative estimate of drug-likeness (QED) is 0.720. The molecule has 1 aliphatic rings. The molecule has 90 valence electrons. The van der Waals surface area contributed by atoms with Gasteiger partial charge in [-0.1, -0.05) is 11.3 Å². The Morgan fingerprint density at radius 3 is 2.76 bits per heavy atom. The Bertz CT molecular complexity index is 532. The SMILES string of the molecule is CN1CCN(c2nc3ccc([OH2+])cc3s2)CC1. The van der Waals surface area contributed by atoms with E-state index < -0.39 is 0 Å². The van der Waals surface area contributed by atoms with Crippen LogP contribution in [0.3, 0.4) is 0 Å². The molecule has 4 nitrogen and oxygen atoms in total. The van der Waals surface area contributed by atoms with Gasteiger partial charge in [-0.15, -0.1) is 0 Å². The van der Waals surface area contributed by atoms with Crippen molar-refractivity contribution >= 4 is 26.7 Å². The molecule has 0 unspecified atom stereocenters. The van der Waals surface area contributed by atoms with E-state index in [0.29, 0.717) is 5.75 Å². The predicted octanol–water partition coefficient (Wildman–Crippen LogP) is 1.49. The first-order valence-electron chi connectivity index (χ1n) is 5.78. The van der Waals surface area contributed by atoms with E-state index in [4.69, 9.17) is 5.11 Å². The van der Waals surface area contributed by atoms with Gasteiger partial charge >= 0.3 is 0 Å². The van der Waals surface area contributed by atoms with Crippen molar-refractivity contribution in [2.45, 2.75) is 0 Å². The van der Waals surface area contributed by atoms with Crippen LogP contribution in [0.4, 0.5) is 5.13 Å². The molecule has 1 aromatic carbocycles. The molecule has 0 amide bonds. The van der Waals surface area contributed by atoms with Crippen LogP contribution < -0.4 is 4.90 Å². The summed E-state index contributed by atoms with van der Waals surface area (Å²) >= 11 is 1.70. The smallest absolute Gasteiger partial charge is 0.255 e. The molecule has 1 fully saturated rings. The molecule has 0 bridgehead atoms. The van der Waals surface area contributed by atoms with Crippen LogP contribution in [0, 0.1) is 0 Å². The summed E-state index contributed by atoms with van der Waals surface area (Å²) in [4.78, 5) is 9.33. The number of aromatic nitrogens is 1. The zero-order chi connectivity index (χ0) is 11.8. The molecule has 3 rings (SSSR count). The fourth-order valence-corrected chi connectivity index (χ4v) is 3.10. The standard InChI is InChI=1S/C12H15N3OS/c1-14-4-6-15(7-5-14)12-13-10-3-2-9(16)8-11(10)17-12/h2-3,8,16H,4-7H2,1H3/p+1. The van der Waals surface area contributed by atoms with Gasteiger partial charge in [0.2, 0.25) is 0 Å². The maximum absolute atomic E-state index is 7.62. The van der Waals surface area contributed by atoms with Crippen LogP contribution in [0.1, 0.15) is 0 Å². The maximum Gasteiger partial charge on any atom is 0.255 e. The van der Waals surface area contributed by atoms with Crippen LogP contribution in [0.2, 0.25) is 0 Å². The average Bonchev–Trinajstić information content (AvgIpc) is 2.72. The van der Waals surface area contributed by atoms with Gasteiger partial charge in [0.15, 0.2) is 5.13 Å². The normalized spacial score (nSPS) is 17.8. The highest BCUT2D eigenvalue weighted by Crippen LogP contribution is 2.31. The number of rotatable bonds is 1. The van der Waals surface area contributed by atoms with Gasteiger partial charge in [0, 0.05) is 32.2 Å². The average molecular weight is 250 g/mol. The summed E-state index contributed by atoms with van der Waals surface area (Å²) in [5.41, 5.74) is 1.01. The van der Waals surface area contributed by atoms with Crippen LogP contribution >= 0.6 is 11.3 Å². The number of hydrogen-bond donors (Lipinski definition) is 0. The molecule has 0 atom stereocenters. The van der Waals surface area contributed by atoms with Gasteiger partial charge in [-0.3, -0.25) is 0 Å². The van der Waals surface area contributed by atoms with Crippen LogP contribution in [-0.2, 0) is 0 Å². The van der Waals surface area contributed by atoms with Crippen molar-refractivity contribution in [1.82, 2.24) is 9.88 Å². The van der Waals surface area contributed by atoms with Gasteiger partial charge in [-0.05, 0) is 13.1 Å². The molecular formula is C12H16N3OS+. The topological polar surface area (TPSA) is 42.3 Å². The number of piperazine rings is 1.